The first-order chi connectivity index (χ1) is 13.1. The maximum absolute atomic E-state index is 13.2. The van der Waals surface area contributed by atoms with Gasteiger partial charge in [0.25, 0.3) is 0 Å². The van der Waals surface area contributed by atoms with E-state index >= 15 is 0 Å². The molecule has 5 heteroatoms. The average molecular weight is 365 g/mol. The summed E-state index contributed by atoms with van der Waals surface area (Å²) in [5.41, 5.74) is 0.978. The number of benzene rings is 2. The van der Waals surface area contributed by atoms with E-state index in [-0.39, 0.29) is 18.6 Å². The van der Waals surface area contributed by atoms with E-state index in [2.05, 4.69) is 0 Å². The molecule has 2 aromatic carbocycles. The van der Waals surface area contributed by atoms with Gasteiger partial charge in [0.1, 0.15) is 12.5 Å². The molecule has 0 radical (unpaired) electrons. The van der Waals surface area contributed by atoms with Crippen molar-refractivity contribution >= 4 is 11.9 Å². The highest BCUT2D eigenvalue weighted by molar-refractivity contribution is 5.98. The molecular weight excluding hydrogens is 342 g/mol. The SMILES string of the molecule is C[C@@]1(c2ccccc2)OC[C@@H]2CCC(C(=O)OCc3ccccc3)C(=O)N21. The fraction of sp³-hybridized carbons (Fsp3) is 0.364. The Morgan fingerprint density at radius 3 is 2.48 bits per heavy atom. The van der Waals surface area contributed by atoms with Crippen LogP contribution in [0, 0.1) is 5.92 Å². The molecule has 1 unspecified atom stereocenters. The van der Waals surface area contributed by atoms with Crippen LogP contribution in [-0.4, -0.2) is 29.4 Å². The van der Waals surface area contributed by atoms with Gasteiger partial charge in [-0.2, -0.15) is 0 Å². The molecule has 27 heavy (non-hydrogen) atoms. The third-order valence-corrected chi connectivity index (χ3v) is 5.52. The Balaban J connectivity index is 1.50. The zero-order valence-electron chi connectivity index (χ0n) is 15.3. The smallest absolute Gasteiger partial charge is 0.318 e. The molecule has 2 saturated heterocycles. The van der Waals surface area contributed by atoms with Gasteiger partial charge >= 0.3 is 5.97 Å². The molecule has 1 amide bonds. The summed E-state index contributed by atoms with van der Waals surface area (Å²) in [6.45, 7) is 2.57. The summed E-state index contributed by atoms with van der Waals surface area (Å²) in [6, 6.07) is 19.2. The number of carbonyl (C=O) groups excluding carboxylic acids is 2. The number of ether oxygens (including phenoxy) is 2. The Labute approximate surface area is 158 Å². The number of piperidine rings is 1. The number of esters is 1. The lowest BCUT2D eigenvalue weighted by Crippen LogP contribution is -2.54. The lowest BCUT2D eigenvalue weighted by atomic mass is 9.90. The Morgan fingerprint density at radius 2 is 1.78 bits per heavy atom. The summed E-state index contributed by atoms with van der Waals surface area (Å²) < 4.78 is 11.5. The first kappa shape index (κ1) is 17.7. The molecule has 3 atom stereocenters. The summed E-state index contributed by atoms with van der Waals surface area (Å²) in [6.07, 6.45) is 1.24. The van der Waals surface area contributed by atoms with Gasteiger partial charge in [0.05, 0.1) is 12.6 Å². The fourth-order valence-corrected chi connectivity index (χ4v) is 4.02. The van der Waals surface area contributed by atoms with E-state index in [4.69, 9.17) is 9.47 Å². The molecule has 2 heterocycles. The van der Waals surface area contributed by atoms with Crippen molar-refractivity contribution in [2.75, 3.05) is 6.61 Å². The summed E-state index contributed by atoms with van der Waals surface area (Å²) in [5, 5.41) is 0. The second-order valence-electron chi connectivity index (χ2n) is 7.25. The predicted octanol–water partition coefficient (Wildman–Crippen LogP) is 3.24. The van der Waals surface area contributed by atoms with Crippen LogP contribution in [0.25, 0.3) is 0 Å². The Kier molecular flexibility index (Phi) is 4.70. The monoisotopic (exact) mass is 365 g/mol. The molecule has 140 valence electrons. The lowest BCUT2D eigenvalue weighted by molar-refractivity contribution is -0.169. The third-order valence-electron chi connectivity index (χ3n) is 5.52. The van der Waals surface area contributed by atoms with Crippen molar-refractivity contribution in [3.05, 3.63) is 71.8 Å². The quantitative estimate of drug-likeness (QED) is 0.617. The topological polar surface area (TPSA) is 55.8 Å². The molecule has 0 bridgehead atoms. The molecule has 2 aromatic rings. The van der Waals surface area contributed by atoms with E-state index < -0.39 is 17.6 Å². The largest absolute Gasteiger partial charge is 0.460 e. The van der Waals surface area contributed by atoms with Gasteiger partial charge in [-0.05, 0) is 25.3 Å². The Bertz CT molecular complexity index is 823. The molecule has 0 aliphatic carbocycles. The highest BCUT2D eigenvalue weighted by Gasteiger charge is 2.53. The van der Waals surface area contributed by atoms with E-state index in [1.165, 1.54) is 0 Å². The van der Waals surface area contributed by atoms with E-state index in [1.807, 2.05) is 67.6 Å². The minimum atomic E-state index is -0.846. The molecule has 0 N–H and O–H groups in total. The van der Waals surface area contributed by atoms with E-state index in [1.54, 1.807) is 4.90 Å². The van der Waals surface area contributed by atoms with Crippen LogP contribution in [-0.2, 0) is 31.4 Å². The van der Waals surface area contributed by atoms with Gasteiger partial charge in [0.2, 0.25) is 5.91 Å². The van der Waals surface area contributed by atoms with E-state index in [0.29, 0.717) is 13.0 Å². The number of amides is 1. The van der Waals surface area contributed by atoms with Crippen molar-refractivity contribution in [2.45, 2.75) is 38.1 Å². The van der Waals surface area contributed by atoms with Crippen LogP contribution < -0.4 is 0 Å². The van der Waals surface area contributed by atoms with Crippen molar-refractivity contribution in [1.29, 1.82) is 0 Å². The van der Waals surface area contributed by atoms with E-state index in [9.17, 15) is 9.59 Å². The summed E-state index contributed by atoms with van der Waals surface area (Å²) in [4.78, 5) is 27.6. The molecule has 2 aliphatic heterocycles. The maximum atomic E-state index is 13.2. The van der Waals surface area contributed by atoms with Crippen LogP contribution in [0.4, 0.5) is 0 Å². The normalized spacial score (nSPS) is 27.3. The number of carbonyl (C=O) groups is 2. The minimum Gasteiger partial charge on any atom is -0.460 e. The molecule has 2 fully saturated rings. The maximum Gasteiger partial charge on any atom is 0.318 e. The van der Waals surface area contributed by atoms with Crippen molar-refractivity contribution in [3.8, 4) is 0 Å². The lowest BCUT2D eigenvalue weighted by Gasteiger charge is -2.41. The van der Waals surface area contributed by atoms with Crippen LogP contribution in [0.3, 0.4) is 0 Å². The van der Waals surface area contributed by atoms with Gasteiger partial charge in [0, 0.05) is 5.56 Å². The summed E-state index contributed by atoms with van der Waals surface area (Å²) in [7, 11) is 0. The Morgan fingerprint density at radius 1 is 1.11 bits per heavy atom. The van der Waals surface area contributed by atoms with Crippen molar-refractivity contribution in [1.82, 2.24) is 4.90 Å². The standard InChI is InChI=1S/C22H23NO4/c1-22(17-10-6-3-7-11-17)23-18(15-27-22)12-13-19(20(23)24)21(25)26-14-16-8-4-2-5-9-16/h2-11,18-19H,12-15H2,1H3/t18-,19?,22-/m0/s1. The van der Waals surface area contributed by atoms with Gasteiger partial charge in [0.15, 0.2) is 5.72 Å². The second kappa shape index (κ2) is 7.16. The first-order valence-electron chi connectivity index (χ1n) is 9.33. The average Bonchev–Trinajstić information content (AvgIpc) is 3.07. The second-order valence-corrected chi connectivity index (χ2v) is 7.25. The predicted molar refractivity (Wildman–Crippen MR) is 99.3 cm³/mol. The van der Waals surface area contributed by atoms with Crippen molar-refractivity contribution in [2.24, 2.45) is 5.92 Å². The molecule has 0 spiro atoms. The van der Waals surface area contributed by atoms with Gasteiger partial charge in [-0.25, -0.2) is 0 Å². The molecular formula is C22H23NO4. The third kappa shape index (κ3) is 3.23. The van der Waals surface area contributed by atoms with Crippen LogP contribution >= 0.6 is 0 Å². The number of hydrogen-bond donors (Lipinski definition) is 0. The van der Waals surface area contributed by atoms with Crippen LogP contribution in [0.1, 0.15) is 30.9 Å². The first-order valence-corrected chi connectivity index (χ1v) is 9.33. The molecule has 5 nitrogen and oxygen atoms in total. The highest BCUT2D eigenvalue weighted by Crippen LogP contribution is 2.42. The number of nitrogens with zero attached hydrogens (tertiary/aromatic N) is 1. The molecule has 4 rings (SSSR count). The fourth-order valence-electron chi connectivity index (χ4n) is 4.02. The number of fused-ring (bicyclic) bond motifs is 1. The number of rotatable bonds is 4. The van der Waals surface area contributed by atoms with Crippen molar-refractivity contribution < 1.29 is 19.1 Å². The van der Waals surface area contributed by atoms with Gasteiger partial charge in [-0.1, -0.05) is 60.7 Å². The van der Waals surface area contributed by atoms with Crippen molar-refractivity contribution in [3.63, 3.8) is 0 Å². The summed E-state index contributed by atoms with van der Waals surface area (Å²) >= 11 is 0. The van der Waals surface area contributed by atoms with Gasteiger partial charge < -0.3 is 14.4 Å². The van der Waals surface area contributed by atoms with Gasteiger partial charge in [-0.15, -0.1) is 0 Å². The van der Waals surface area contributed by atoms with Crippen LogP contribution in [0.15, 0.2) is 60.7 Å². The minimum absolute atomic E-state index is 0.000814. The van der Waals surface area contributed by atoms with Gasteiger partial charge in [-0.3, -0.25) is 9.59 Å². The molecule has 2 aliphatic rings. The Hall–Kier alpha value is -2.66. The molecule has 0 saturated carbocycles. The van der Waals surface area contributed by atoms with Crippen LogP contribution in [0.5, 0.6) is 0 Å². The molecule has 0 aromatic heterocycles. The zero-order valence-corrected chi connectivity index (χ0v) is 15.3. The summed E-state index contributed by atoms with van der Waals surface area (Å²) in [5.74, 6) is -1.42. The van der Waals surface area contributed by atoms with E-state index in [0.717, 1.165) is 17.5 Å². The highest BCUT2D eigenvalue weighted by atomic mass is 16.5. The zero-order chi connectivity index (χ0) is 18.9. The van der Waals surface area contributed by atoms with Crippen LogP contribution in [0.2, 0.25) is 0 Å². The number of hydrogen-bond acceptors (Lipinski definition) is 4.